The molecule has 0 heterocycles. The fraction of sp³-hybridized carbons (Fsp3) is 0.636. The minimum Gasteiger partial charge on any atom is -0.380 e. The molecule has 0 bridgehead atoms. The molecule has 12 heavy (non-hydrogen) atoms. The fourth-order valence-corrected chi connectivity index (χ4v) is 0.923. The van der Waals surface area contributed by atoms with E-state index in [-0.39, 0.29) is 0 Å². The van der Waals surface area contributed by atoms with E-state index in [2.05, 4.69) is 18.9 Å². The summed E-state index contributed by atoms with van der Waals surface area (Å²) in [5, 5.41) is 8.97. The average Bonchev–Trinajstić information content (AvgIpc) is 2.10. The molecule has 0 aromatic rings. The molecule has 1 atom stereocenters. The monoisotopic (exact) mass is 166 g/mol. The first-order valence-corrected chi connectivity index (χ1v) is 4.60. The van der Waals surface area contributed by atoms with Gasteiger partial charge in [-0.1, -0.05) is 37.8 Å². The summed E-state index contributed by atoms with van der Waals surface area (Å²) < 4.78 is 0. The van der Waals surface area contributed by atoms with E-state index in [0.717, 1.165) is 6.42 Å². The lowest BCUT2D eigenvalue weighted by Crippen LogP contribution is -1.98. The predicted octanol–water partition coefficient (Wildman–Crippen LogP) is 2.51. The van der Waals surface area contributed by atoms with Gasteiger partial charge in [-0.05, 0) is 12.8 Å². The second-order valence-corrected chi connectivity index (χ2v) is 2.89. The van der Waals surface area contributed by atoms with Crippen LogP contribution in [-0.4, -0.2) is 11.2 Å². The SMILES string of the molecule is C#C[C@@H](O)C/C=C/CCCCC. The van der Waals surface area contributed by atoms with Gasteiger partial charge in [0.25, 0.3) is 0 Å². The third-order valence-corrected chi connectivity index (χ3v) is 1.69. The van der Waals surface area contributed by atoms with Crippen LogP contribution in [0.25, 0.3) is 0 Å². The number of rotatable bonds is 6. The number of unbranched alkanes of at least 4 members (excludes halogenated alkanes) is 3. The zero-order chi connectivity index (χ0) is 9.23. The number of aliphatic hydroxyl groups is 1. The van der Waals surface area contributed by atoms with Gasteiger partial charge in [-0.15, -0.1) is 6.42 Å². The smallest absolute Gasteiger partial charge is 0.117 e. The van der Waals surface area contributed by atoms with Crippen LogP contribution in [0.1, 0.15) is 39.0 Å². The Morgan fingerprint density at radius 2 is 2.17 bits per heavy atom. The van der Waals surface area contributed by atoms with E-state index >= 15 is 0 Å². The summed E-state index contributed by atoms with van der Waals surface area (Å²) in [7, 11) is 0. The van der Waals surface area contributed by atoms with E-state index in [1.807, 2.05) is 6.08 Å². The summed E-state index contributed by atoms with van der Waals surface area (Å²) in [6.45, 7) is 2.19. The molecule has 1 N–H and O–H groups in total. The Balaban J connectivity index is 3.21. The second kappa shape index (κ2) is 8.36. The number of hydrogen-bond donors (Lipinski definition) is 1. The highest BCUT2D eigenvalue weighted by molar-refractivity contribution is 4.98. The topological polar surface area (TPSA) is 20.2 Å². The van der Waals surface area contributed by atoms with Gasteiger partial charge in [0.2, 0.25) is 0 Å². The molecule has 0 amide bonds. The molecule has 1 heteroatoms. The van der Waals surface area contributed by atoms with E-state index in [4.69, 9.17) is 11.5 Å². The molecule has 0 aromatic carbocycles. The third kappa shape index (κ3) is 7.37. The van der Waals surface area contributed by atoms with E-state index < -0.39 is 6.10 Å². The van der Waals surface area contributed by atoms with Crippen molar-refractivity contribution in [2.45, 2.75) is 45.1 Å². The molecule has 0 saturated carbocycles. The summed E-state index contributed by atoms with van der Waals surface area (Å²) in [5.74, 6) is 2.27. The largest absolute Gasteiger partial charge is 0.380 e. The van der Waals surface area contributed by atoms with Crippen LogP contribution in [-0.2, 0) is 0 Å². The highest BCUT2D eigenvalue weighted by Gasteiger charge is 1.91. The van der Waals surface area contributed by atoms with Gasteiger partial charge in [-0.3, -0.25) is 0 Å². The van der Waals surface area contributed by atoms with Gasteiger partial charge in [0.1, 0.15) is 6.10 Å². The van der Waals surface area contributed by atoms with Crippen molar-refractivity contribution in [3.8, 4) is 12.3 Å². The van der Waals surface area contributed by atoms with Gasteiger partial charge in [0, 0.05) is 6.42 Å². The quantitative estimate of drug-likeness (QED) is 0.365. The first-order chi connectivity index (χ1) is 5.81. The number of allylic oxidation sites excluding steroid dienone is 1. The minimum atomic E-state index is -0.604. The molecule has 68 valence electrons. The van der Waals surface area contributed by atoms with Gasteiger partial charge in [0.05, 0.1) is 0 Å². The Kier molecular flexibility index (Phi) is 7.84. The lowest BCUT2D eigenvalue weighted by atomic mass is 10.2. The minimum absolute atomic E-state index is 0.586. The fourth-order valence-electron chi connectivity index (χ4n) is 0.923. The first-order valence-electron chi connectivity index (χ1n) is 4.60. The number of hydrogen-bond acceptors (Lipinski definition) is 1. The third-order valence-electron chi connectivity index (χ3n) is 1.69. The van der Waals surface area contributed by atoms with Crippen molar-refractivity contribution in [1.29, 1.82) is 0 Å². The maximum atomic E-state index is 8.97. The van der Waals surface area contributed by atoms with Crippen LogP contribution in [0.4, 0.5) is 0 Å². The second-order valence-electron chi connectivity index (χ2n) is 2.89. The first kappa shape index (κ1) is 11.3. The van der Waals surface area contributed by atoms with Gasteiger partial charge in [0.15, 0.2) is 0 Å². The van der Waals surface area contributed by atoms with E-state index in [0.29, 0.717) is 6.42 Å². The van der Waals surface area contributed by atoms with E-state index in [1.54, 1.807) is 0 Å². The van der Waals surface area contributed by atoms with Gasteiger partial charge in [-0.2, -0.15) is 0 Å². The van der Waals surface area contributed by atoms with Crippen LogP contribution in [0.2, 0.25) is 0 Å². The average molecular weight is 166 g/mol. The lowest BCUT2D eigenvalue weighted by Gasteiger charge is -1.96. The van der Waals surface area contributed by atoms with Gasteiger partial charge < -0.3 is 5.11 Å². The molecular weight excluding hydrogens is 148 g/mol. The Morgan fingerprint density at radius 3 is 2.75 bits per heavy atom. The summed E-state index contributed by atoms with van der Waals surface area (Å²) in [6, 6.07) is 0. The molecule has 0 aliphatic carbocycles. The standard InChI is InChI=1S/C11H18O/c1-3-5-6-7-8-9-10-11(12)4-2/h2,8-9,11-12H,3,5-7,10H2,1H3/b9-8+/t11-/m1/s1. The molecule has 0 aromatic heterocycles. The van der Waals surface area contributed by atoms with Crippen molar-refractivity contribution in [2.24, 2.45) is 0 Å². The molecule has 0 unspecified atom stereocenters. The number of aliphatic hydroxyl groups excluding tert-OH is 1. The highest BCUT2D eigenvalue weighted by Crippen LogP contribution is 2.00. The molecule has 0 aliphatic rings. The van der Waals surface area contributed by atoms with Crippen LogP contribution in [0.3, 0.4) is 0 Å². The maximum Gasteiger partial charge on any atom is 0.117 e. The van der Waals surface area contributed by atoms with Crippen LogP contribution in [0.15, 0.2) is 12.2 Å². The predicted molar refractivity (Wildman–Crippen MR) is 52.7 cm³/mol. The Labute approximate surface area is 75.5 Å². The molecule has 0 spiro atoms. The summed E-state index contributed by atoms with van der Waals surface area (Å²) in [5.41, 5.74) is 0. The van der Waals surface area contributed by atoms with Crippen molar-refractivity contribution in [1.82, 2.24) is 0 Å². The molecule has 0 rings (SSSR count). The summed E-state index contributed by atoms with van der Waals surface area (Å²) in [6.07, 6.45) is 13.9. The molecular formula is C11H18O. The molecule has 0 aliphatic heterocycles. The van der Waals surface area contributed by atoms with Gasteiger partial charge in [-0.25, -0.2) is 0 Å². The van der Waals surface area contributed by atoms with Crippen LogP contribution < -0.4 is 0 Å². The van der Waals surface area contributed by atoms with Crippen molar-refractivity contribution in [3.63, 3.8) is 0 Å². The lowest BCUT2D eigenvalue weighted by molar-refractivity contribution is 0.236. The van der Waals surface area contributed by atoms with Crippen molar-refractivity contribution >= 4 is 0 Å². The van der Waals surface area contributed by atoms with Crippen LogP contribution in [0.5, 0.6) is 0 Å². The molecule has 1 nitrogen and oxygen atoms in total. The molecule has 0 radical (unpaired) electrons. The molecule has 0 fully saturated rings. The maximum absolute atomic E-state index is 8.97. The number of terminal acetylenes is 1. The summed E-state index contributed by atoms with van der Waals surface area (Å²) in [4.78, 5) is 0. The Hall–Kier alpha value is -0.740. The zero-order valence-corrected chi connectivity index (χ0v) is 7.79. The highest BCUT2D eigenvalue weighted by atomic mass is 16.3. The van der Waals surface area contributed by atoms with Gasteiger partial charge >= 0.3 is 0 Å². The van der Waals surface area contributed by atoms with E-state index in [1.165, 1.54) is 19.3 Å². The van der Waals surface area contributed by atoms with Crippen LogP contribution >= 0.6 is 0 Å². The van der Waals surface area contributed by atoms with Crippen molar-refractivity contribution < 1.29 is 5.11 Å². The Bertz CT molecular complexity index is 153. The normalized spacial score (nSPS) is 13.1. The van der Waals surface area contributed by atoms with Crippen molar-refractivity contribution in [2.75, 3.05) is 0 Å². The zero-order valence-electron chi connectivity index (χ0n) is 7.79. The molecule has 0 saturated heterocycles. The van der Waals surface area contributed by atoms with Crippen LogP contribution in [0, 0.1) is 12.3 Å². The van der Waals surface area contributed by atoms with Crippen molar-refractivity contribution in [3.05, 3.63) is 12.2 Å². The van der Waals surface area contributed by atoms with E-state index in [9.17, 15) is 0 Å². The Morgan fingerprint density at radius 1 is 1.42 bits per heavy atom. The summed E-state index contributed by atoms with van der Waals surface area (Å²) >= 11 is 0.